The summed E-state index contributed by atoms with van der Waals surface area (Å²) in [5.74, 6) is -0.0876. The molecule has 6 heteroatoms. The summed E-state index contributed by atoms with van der Waals surface area (Å²) in [5.41, 5.74) is 1.72. The van der Waals surface area contributed by atoms with E-state index in [0.29, 0.717) is 12.1 Å². The minimum Gasteiger partial charge on any atom is -0.352 e. The first kappa shape index (κ1) is 14.3. The van der Waals surface area contributed by atoms with Crippen LogP contribution < -0.4 is 5.32 Å². The second-order valence-electron chi connectivity index (χ2n) is 4.08. The van der Waals surface area contributed by atoms with E-state index in [1.807, 2.05) is 25.2 Å². The number of hydrogen-bond acceptors (Lipinski definition) is 2. The van der Waals surface area contributed by atoms with Gasteiger partial charge in [-0.2, -0.15) is 5.10 Å². The van der Waals surface area contributed by atoms with E-state index in [9.17, 15) is 4.79 Å². The molecule has 0 bridgehead atoms. The van der Waals surface area contributed by atoms with Crippen molar-refractivity contribution in [1.82, 2.24) is 15.1 Å². The van der Waals surface area contributed by atoms with Crippen LogP contribution in [0.25, 0.3) is 0 Å². The van der Waals surface area contributed by atoms with Crippen LogP contribution in [0, 0.1) is 0 Å². The molecule has 100 valence electrons. The van der Waals surface area contributed by atoms with Crippen molar-refractivity contribution in [3.8, 4) is 0 Å². The maximum Gasteiger partial charge on any atom is 0.252 e. The van der Waals surface area contributed by atoms with Crippen molar-refractivity contribution in [2.45, 2.75) is 6.42 Å². The summed E-state index contributed by atoms with van der Waals surface area (Å²) in [6.07, 6.45) is 2.51. The molecule has 0 aliphatic heterocycles. The third-order valence-corrected chi connectivity index (χ3v) is 3.95. The number of nitrogens with one attached hydrogen (secondary N) is 1. The molecule has 4 nitrogen and oxygen atoms in total. The van der Waals surface area contributed by atoms with Gasteiger partial charge in [0, 0.05) is 40.8 Å². The van der Waals surface area contributed by atoms with Crippen LogP contribution in [-0.4, -0.2) is 22.2 Å². The van der Waals surface area contributed by atoms with Crippen molar-refractivity contribution in [1.29, 1.82) is 0 Å². The van der Waals surface area contributed by atoms with E-state index in [-0.39, 0.29) is 5.91 Å². The molecule has 2 rings (SSSR count). The average Bonchev–Trinajstić information content (AvgIpc) is 2.78. The second kappa shape index (κ2) is 6.34. The molecule has 0 aliphatic carbocycles. The molecule has 0 aliphatic rings. The summed E-state index contributed by atoms with van der Waals surface area (Å²) < 4.78 is 3.47. The Morgan fingerprint density at radius 2 is 2.16 bits per heavy atom. The molecule has 1 aromatic carbocycles. The molecule has 1 heterocycles. The van der Waals surface area contributed by atoms with E-state index >= 15 is 0 Å². The fourth-order valence-corrected chi connectivity index (χ4v) is 2.51. The van der Waals surface area contributed by atoms with E-state index in [2.05, 4.69) is 42.3 Å². The Morgan fingerprint density at radius 3 is 2.84 bits per heavy atom. The van der Waals surface area contributed by atoms with Gasteiger partial charge >= 0.3 is 0 Å². The minimum atomic E-state index is -0.0876. The number of carbonyl (C=O) groups excluding carboxylic acids is 1. The van der Waals surface area contributed by atoms with Gasteiger partial charge < -0.3 is 5.32 Å². The second-order valence-corrected chi connectivity index (χ2v) is 5.85. The summed E-state index contributed by atoms with van der Waals surface area (Å²) in [6, 6.07) is 7.47. The first-order valence-electron chi connectivity index (χ1n) is 5.78. The quantitative estimate of drug-likeness (QED) is 0.878. The third kappa shape index (κ3) is 3.67. The van der Waals surface area contributed by atoms with Crippen molar-refractivity contribution >= 4 is 37.8 Å². The van der Waals surface area contributed by atoms with Gasteiger partial charge in [-0.25, -0.2) is 0 Å². The van der Waals surface area contributed by atoms with Crippen LogP contribution in [0.4, 0.5) is 0 Å². The minimum absolute atomic E-state index is 0.0876. The Hall–Kier alpha value is -1.14. The lowest BCUT2D eigenvalue weighted by atomic mass is 10.2. The Morgan fingerprint density at radius 1 is 1.37 bits per heavy atom. The van der Waals surface area contributed by atoms with Crippen molar-refractivity contribution in [2.24, 2.45) is 7.05 Å². The normalized spacial score (nSPS) is 10.5. The molecule has 0 saturated carbocycles. The van der Waals surface area contributed by atoms with Crippen molar-refractivity contribution in [2.75, 3.05) is 6.54 Å². The molecular formula is C13H13Br2N3O. The molecule has 0 saturated heterocycles. The molecule has 0 spiro atoms. The predicted octanol–water partition coefficient (Wildman–Crippen LogP) is 2.92. The van der Waals surface area contributed by atoms with Gasteiger partial charge in [0.1, 0.15) is 0 Å². The number of aryl methyl sites for hydroxylation is 1. The SMILES string of the molecule is Cn1nccc1CCNC(=O)c1cc(Br)ccc1Br. The zero-order valence-corrected chi connectivity index (χ0v) is 13.5. The molecule has 1 aromatic heterocycles. The number of benzene rings is 1. The number of aromatic nitrogens is 2. The molecule has 0 radical (unpaired) electrons. The first-order valence-corrected chi connectivity index (χ1v) is 7.36. The molecular weight excluding hydrogens is 374 g/mol. The average molecular weight is 387 g/mol. The van der Waals surface area contributed by atoms with Crippen LogP contribution in [0.2, 0.25) is 0 Å². The van der Waals surface area contributed by atoms with Gasteiger partial charge in [-0.05, 0) is 40.2 Å². The van der Waals surface area contributed by atoms with Crippen LogP contribution in [-0.2, 0) is 13.5 Å². The first-order chi connectivity index (χ1) is 9.08. The number of hydrogen-bond donors (Lipinski definition) is 1. The Bertz CT molecular complexity index is 595. The maximum atomic E-state index is 12.0. The lowest BCUT2D eigenvalue weighted by Crippen LogP contribution is -2.26. The number of halogens is 2. The van der Waals surface area contributed by atoms with E-state index < -0.39 is 0 Å². The number of rotatable bonds is 4. The van der Waals surface area contributed by atoms with Gasteiger partial charge in [0.15, 0.2) is 0 Å². The van der Waals surface area contributed by atoms with E-state index in [0.717, 1.165) is 21.1 Å². The fourth-order valence-electron chi connectivity index (χ4n) is 1.72. The Balaban J connectivity index is 1.94. The smallest absolute Gasteiger partial charge is 0.252 e. The van der Waals surface area contributed by atoms with Crippen LogP contribution >= 0.6 is 31.9 Å². The zero-order chi connectivity index (χ0) is 13.8. The molecule has 2 aromatic rings. The summed E-state index contributed by atoms with van der Waals surface area (Å²) >= 11 is 6.74. The lowest BCUT2D eigenvalue weighted by molar-refractivity contribution is 0.0953. The van der Waals surface area contributed by atoms with E-state index in [1.54, 1.807) is 16.9 Å². The van der Waals surface area contributed by atoms with Crippen LogP contribution in [0.1, 0.15) is 16.1 Å². The van der Waals surface area contributed by atoms with Crippen molar-refractivity contribution in [3.05, 3.63) is 50.7 Å². The molecule has 0 fully saturated rings. The van der Waals surface area contributed by atoms with Crippen LogP contribution in [0.5, 0.6) is 0 Å². The summed E-state index contributed by atoms with van der Waals surface area (Å²) in [5, 5.41) is 6.99. The molecule has 0 atom stereocenters. The number of carbonyl (C=O) groups is 1. The highest BCUT2D eigenvalue weighted by Gasteiger charge is 2.10. The number of nitrogens with zero attached hydrogens (tertiary/aromatic N) is 2. The van der Waals surface area contributed by atoms with Gasteiger partial charge in [0.2, 0.25) is 0 Å². The monoisotopic (exact) mass is 385 g/mol. The lowest BCUT2D eigenvalue weighted by Gasteiger charge is -2.07. The van der Waals surface area contributed by atoms with Gasteiger partial charge in [0.05, 0.1) is 5.56 Å². The third-order valence-electron chi connectivity index (χ3n) is 2.76. The molecule has 1 N–H and O–H groups in total. The maximum absolute atomic E-state index is 12.0. The highest BCUT2D eigenvalue weighted by molar-refractivity contribution is 9.11. The highest BCUT2D eigenvalue weighted by Crippen LogP contribution is 2.21. The summed E-state index contributed by atoms with van der Waals surface area (Å²) in [7, 11) is 1.89. The van der Waals surface area contributed by atoms with E-state index in [4.69, 9.17) is 0 Å². The predicted molar refractivity (Wildman–Crippen MR) is 81.1 cm³/mol. The van der Waals surface area contributed by atoms with Gasteiger partial charge in [-0.15, -0.1) is 0 Å². The highest BCUT2D eigenvalue weighted by atomic mass is 79.9. The van der Waals surface area contributed by atoms with E-state index in [1.165, 1.54) is 0 Å². The standard InChI is InChI=1S/C13H13Br2N3O/c1-18-10(5-7-17-18)4-6-16-13(19)11-8-9(14)2-3-12(11)15/h2-3,5,7-8H,4,6H2,1H3,(H,16,19). The summed E-state index contributed by atoms with van der Waals surface area (Å²) in [6.45, 7) is 0.581. The van der Waals surface area contributed by atoms with Gasteiger partial charge in [0.25, 0.3) is 5.91 Å². The Kier molecular flexibility index (Phi) is 4.76. The summed E-state index contributed by atoms with van der Waals surface area (Å²) in [4.78, 5) is 12.0. The zero-order valence-electron chi connectivity index (χ0n) is 10.4. The molecule has 0 unspecified atom stereocenters. The molecule has 19 heavy (non-hydrogen) atoms. The van der Waals surface area contributed by atoms with Gasteiger partial charge in [-0.3, -0.25) is 9.48 Å². The van der Waals surface area contributed by atoms with Crippen molar-refractivity contribution < 1.29 is 4.79 Å². The Labute approximate surface area is 128 Å². The number of amides is 1. The topological polar surface area (TPSA) is 46.9 Å². The van der Waals surface area contributed by atoms with Gasteiger partial charge in [-0.1, -0.05) is 15.9 Å². The van der Waals surface area contributed by atoms with Crippen molar-refractivity contribution in [3.63, 3.8) is 0 Å². The molecule has 1 amide bonds. The van der Waals surface area contributed by atoms with Crippen LogP contribution in [0.15, 0.2) is 39.4 Å². The fraction of sp³-hybridized carbons (Fsp3) is 0.231. The largest absolute Gasteiger partial charge is 0.352 e. The van der Waals surface area contributed by atoms with Crippen LogP contribution in [0.3, 0.4) is 0 Å².